The van der Waals surface area contributed by atoms with Crippen LogP contribution < -0.4 is 32.8 Å². The Morgan fingerprint density at radius 1 is 0.365 bits per heavy atom. The van der Waals surface area contributed by atoms with Crippen LogP contribution in [-0.4, -0.2) is 13.4 Å². The number of rotatable bonds is 10. The number of fused-ring (bicyclic) bond motifs is 1. The standard InChI is InChI=1S/C46H46B2Cl4/c1-27-15-31(5)43(35(19-27)23-49)47(44-32(6)16-28(2)20-36(44)24-50)41-13-9-12-40-39(41)11-10-14-42(40)48(45-33(7)17-29(3)21-37(45)25-51)46-34(8)18-30(4)22-38(46)26-52/h9-22H,23-26H2,1-8H3. The van der Waals surface area contributed by atoms with Gasteiger partial charge in [-0.05, 0) is 88.4 Å². The zero-order chi connectivity index (χ0) is 37.4. The second-order valence-electron chi connectivity index (χ2n) is 14.8. The summed E-state index contributed by atoms with van der Waals surface area (Å²) in [6.07, 6.45) is 0. The first-order chi connectivity index (χ1) is 24.9. The van der Waals surface area contributed by atoms with Crippen LogP contribution in [0.25, 0.3) is 10.8 Å². The molecule has 0 saturated carbocycles. The van der Waals surface area contributed by atoms with E-state index in [0.717, 1.165) is 22.3 Å². The maximum atomic E-state index is 6.82. The lowest BCUT2D eigenvalue weighted by atomic mass is 9.32. The van der Waals surface area contributed by atoms with Gasteiger partial charge in [-0.3, -0.25) is 0 Å². The predicted molar refractivity (Wildman–Crippen MR) is 235 cm³/mol. The van der Waals surface area contributed by atoms with E-state index in [1.807, 2.05) is 0 Å². The molecule has 0 unspecified atom stereocenters. The van der Waals surface area contributed by atoms with Crippen molar-refractivity contribution < 1.29 is 0 Å². The SMILES string of the molecule is Cc1cc(C)c(B(c2c(C)cc(C)cc2CCl)c2cccc3c(B(c4c(C)cc(C)cc4CCl)c4c(C)cc(C)cc4CCl)cccc23)c(CCl)c1. The van der Waals surface area contributed by atoms with E-state index in [9.17, 15) is 0 Å². The van der Waals surface area contributed by atoms with Crippen molar-refractivity contribution in [2.75, 3.05) is 0 Å². The number of halogens is 4. The smallest absolute Gasteiger partial charge is 0.122 e. The van der Waals surface area contributed by atoms with E-state index in [-0.39, 0.29) is 13.4 Å². The molecule has 0 amide bonds. The molecular weight excluding hydrogens is 716 g/mol. The zero-order valence-corrected chi connectivity index (χ0v) is 34.6. The van der Waals surface area contributed by atoms with Gasteiger partial charge in [0.05, 0.1) is 0 Å². The Hall–Kier alpha value is -3.13. The average molecular weight is 762 g/mol. The van der Waals surface area contributed by atoms with Crippen molar-refractivity contribution in [3.05, 3.63) is 152 Å². The van der Waals surface area contributed by atoms with Gasteiger partial charge >= 0.3 is 0 Å². The third kappa shape index (κ3) is 7.22. The van der Waals surface area contributed by atoms with Crippen LogP contribution in [0.3, 0.4) is 0 Å². The molecule has 0 bridgehead atoms. The predicted octanol–water partition coefficient (Wildman–Crippen LogP) is 9.29. The van der Waals surface area contributed by atoms with E-state index in [1.54, 1.807) is 0 Å². The number of hydrogen-bond acceptors (Lipinski definition) is 0. The maximum absolute atomic E-state index is 6.82. The minimum absolute atomic E-state index is 0.0832. The van der Waals surface area contributed by atoms with Crippen molar-refractivity contribution in [1.29, 1.82) is 0 Å². The van der Waals surface area contributed by atoms with Gasteiger partial charge in [-0.1, -0.05) is 162 Å². The lowest BCUT2D eigenvalue weighted by Crippen LogP contribution is -2.58. The minimum Gasteiger partial charge on any atom is -0.122 e. The van der Waals surface area contributed by atoms with Gasteiger partial charge in [-0.25, -0.2) is 0 Å². The van der Waals surface area contributed by atoms with E-state index in [1.165, 1.54) is 88.1 Å². The molecule has 6 heteroatoms. The zero-order valence-electron chi connectivity index (χ0n) is 31.6. The Balaban J connectivity index is 1.76. The molecule has 6 aromatic carbocycles. The van der Waals surface area contributed by atoms with Gasteiger partial charge in [-0.15, -0.1) is 46.4 Å². The monoisotopic (exact) mass is 760 g/mol. The molecule has 0 aromatic heterocycles. The molecule has 0 nitrogen and oxygen atoms in total. The first-order valence-corrected chi connectivity index (χ1v) is 20.2. The third-order valence-corrected chi connectivity index (χ3v) is 12.0. The Bertz CT molecular complexity index is 2030. The molecule has 0 aliphatic rings. The fraction of sp³-hybridized carbons (Fsp3) is 0.261. The van der Waals surface area contributed by atoms with Gasteiger partial charge in [0.15, 0.2) is 0 Å². The quantitative estimate of drug-likeness (QED) is 0.0965. The Morgan fingerprint density at radius 3 is 0.846 bits per heavy atom. The van der Waals surface area contributed by atoms with Crippen molar-refractivity contribution in [1.82, 2.24) is 0 Å². The largest absolute Gasteiger partial charge is 0.243 e. The highest BCUT2D eigenvalue weighted by atomic mass is 35.5. The molecule has 0 aliphatic carbocycles. The van der Waals surface area contributed by atoms with Crippen molar-refractivity contribution in [3.8, 4) is 0 Å². The Kier molecular flexibility index (Phi) is 11.9. The molecule has 0 radical (unpaired) electrons. The summed E-state index contributed by atoms with van der Waals surface area (Å²) in [5, 5.41) is 2.43. The third-order valence-electron chi connectivity index (χ3n) is 10.8. The Labute approximate surface area is 332 Å². The van der Waals surface area contributed by atoms with Gasteiger partial charge in [0.1, 0.15) is 0 Å². The van der Waals surface area contributed by atoms with Gasteiger partial charge < -0.3 is 0 Å². The summed E-state index contributed by atoms with van der Waals surface area (Å²) in [4.78, 5) is 0. The van der Waals surface area contributed by atoms with Gasteiger partial charge in [-0.2, -0.15) is 0 Å². The summed E-state index contributed by atoms with van der Waals surface area (Å²) in [7, 11) is 0. The fourth-order valence-electron chi connectivity index (χ4n) is 9.13. The molecule has 264 valence electrons. The van der Waals surface area contributed by atoms with Crippen LogP contribution in [0.1, 0.15) is 66.8 Å². The van der Waals surface area contributed by atoms with E-state index in [0.29, 0.717) is 23.5 Å². The summed E-state index contributed by atoms with van der Waals surface area (Å²) in [5.41, 5.74) is 21.9. The molecule has 0 saturated heterocycles. The first kappa shape index (κ1) is 38.6. The molecule has 52 heavy (non-hydrogen) atoms. The molecule has 6 rings (SSSR count). The van der Waals surface area contributed by atoms with Gasteiger partial charge in [0.25, 0.3) is 0 Å². The van der Waals surface area contributed by atoms with E-state index >= 15 is 0 Å². The van der Waals surface area contributed by atoms with Crippen molar-refractivity contribution in [2.24, 2.45) is 0 Å². The molecular formula is C46H46B2Cl4. The minimum atomic E-state index is -0.0832. The fourth-order valence-corrected chi connectivity index (χ4v) is 10.0. The first-order valence-electron chi connectivity index (χ1n) is 18.1. The second-order valence-corrected chi connectivity index (χ2v) is 15.9. The average Bonchev–Trinajstić information content (AvgIpc) is 3.10. The van der Waals surface area contributed by atoms with Crippen LogP contribution in [0.4, 0.5) is 0 Å². The van der Waals surface area contributed by atoms with Crippen LogP contribution in [0.2, 0.25) is 0 Å². The molecule has 0 spiro atoms. The van der Waals surface area contributed by atoms with Crippen molar-refractivity contribution in [2.45, 2.75) is 78.9 Å². The van der Waals surface area contributed by atoms with Crippen molar-refractivity contribution in [3.63, 3.8) is 0 Å². The number of hydrogen-bond donors (Lipinski definition) is 0. The number of benzene rings is 6. The van der Waals surface area contributed by atoms with Gasteiger partial charge in [0, 0.05) is 23.5 Å². The van der Waals surface area contributed by atoms with E-state index < -0.39 is 0 Å². The highest BCUT2D eigenvalue weighted by Crippen LogP contribution is 2.22. The number of aryl methyl sites for hydroxylation is 8. The molecule has 0 atom stereocenters. The summed E-state index contributed by atoms with van der Waals surface area (Å²) in [5.74, 6) is 1.70. The maximum Gasteiger partial charge on any atom is 0.243 e. The highest BCUT2D eigenvalue weighted by Gasteiger charge is 2.34. The Morgan fingerprint density at radius 2 is 0.615 bits per heavy atom. The van der Waals surface area contributed by atoms with Crippen LogP contribution in [0, 0.1) is 55.4 Å². The summed E-state index contributed by atoms with van der Waals surface area (Å²) < 4.78 is 0. The van der Waals surface area contributed by atoms with E-state index in [2.05, 4.69) is 140 Å². The van der Waals surface area contributed by atoms with Crippen LogP contribution in [0.15, 0.2) is 84.9 Å². The summed E-state index contributed by atoms with van der Waals surface area (Å²) >= 11 is 27.3. The van der Waals surface area contributed by atoms with Gasteiger partial charge in [0.2, 0.25) is 13.4 Å². The number of alkyl halides is 4. The van der Waals surface area contributed by atoms with E-state index in [4.69, 9.17) is 46.4 Å². The molecule has 0 N–H and O–H groups in total. The normalized spacial score (nSPS) is 11.4. The lowest BCUT2D eigenvalue weighted by molar-refractivity contribution is 1.31. The topological polar surface area (TPSA) is 0 Å². The van der Waals surface area contributed by atoms with Crippen molar-refractivity contribution >= 4 is 103 Å². The molecule has 0 heterocycles. The summed E-state index contributed by atoms with van der Waals surface area (Å²) in [6.45, 7) is 17.3. The molecule has 0 aliphatic heterocycles. The van der Waals surface area contributed by atoms with Crippen LogP contribution >= 0.6 is 46.4 Å². The van der Waals surface area contributed by atoms with Crippen LogP contribution in [0.5, 0.6) is 0 Å². The lowest BCUT2D eigenvalue weighted by Gasteiger charge is -2.28. The second kappa shape index (κ2) is 16.1. The summed E-state index contributed by atoms with van der Waals surface area (Å²) in [6, 6.07) is 31.8. The molecule has 0 fully saturated rings. The van der Waals surface area contributed by atoms with Crippen LogP contribution in [-0.2, 0) is 23.5 Å². The molecule has 6 aromatic rings. The highest BCUT2D eigenvalue weighted by molar-refractivity contribution is 6.99.